The maximum absolute atomic E-state index is 10.3. The molecular weight excluding hydrogens is 398 g/mol. The fourth-order valence-corrected chi connectivity index (χ4v) is 3.68. The van der Waals surface area contributed by atoms with E-state index in [9.17, 15) is 4.79 Å². The standard InChI is InChI=1S/C18H36O2.C9H23N3/c1-2-3-4-5-6-7-8-9-10-11-12-13-14-15-16-17-18(19)20;1-2-3-4-6-11-8-9-12-7-5-10/h2-17H2,1H3,(H,19,20);11-12H,2-10H2,1H3. The van der Waals surface area contributed by atoms with Gasteiger partial charge < -0.3 is 21.5 Å². The summed E-state index contributed by atoms with van der Waals surface area (Å²) in [5.74, 6) is -0.653. The highest BCUT2D eigenvalue weighted by molar-refractivity contribution is 5.66. The van der Waals surface area contributed by atoms with Crippen molar-refractivity contribution < 1.29 is 9.90 Å². The van der Waals surface area contributed by atoms with Crippen molar-refractivity contribution in [2.75, 3.05) is 32.7 Å². The molecule has 0 unspecified atom stereocenters. The molecule has 0 fully saturated rings. The highest BCUT2D eigenvalue weighted by Gasteiger charge is 1.97. The van der Waals surface area contributed by atoms with Crippen LogP contribution in [0.2, 0.25) is 0 Å². The van der Waals surface area contributed by atoms with Gasteiger partial charge in [0.15, 0.2) is 0 Å². The first kappa shape index (κ1) is 33.5. The van der Waals surface area contributed by atoms with Crippen LogP contribution in [0.5, 0.6) is 0 Å². The highest BCUT2D eigenvalue weighted by atomic mass is 16.4. The van der Waals surface area contributed by atoms with Gasteiger partial charge in [0.2, 0.25) is 0 Å². The average Bonchev–Trinajstić information content (AvgIpc) is 2.78. The Bertz CT molecular complexity index is 331. The van der Waals surface area contributed by atoms with Crippen LogP contribution < -0.4 is 16.4 Å². The molecule has 0 aromatic heterocycles. The number of unbranched alkanes of at least 4 members (excludes halogenated alkanes) is 16. The van der Waals surface area contributed by atoms with Gasteiger partial charge in [-0.15, -0.1) is 0 Å². The molecule has 0 radical (unpaired) electrons. The van der Waals surface area contributed by atoms with E-state index in [0.717, 1.165) is 45.6 Å². The van der Waals surface area contributed by atoms with E-state index in [2.05, 4.69) is 24.5 Å². The van der Waals surface area contributed by atoms with Gasteiger partial charge in [0, 0.05) is 32.6 Å². The van der Waals surface area contributed by atoms with Gasteiger partial charge in [-0.2, -0.15) is 0 Å². The summed E-state index contributed by atoms with van der Waals surface area (Å²) in [6, 6.07) is 0. The van der Waals surface area contributed by atoms with Crippen LogP contribution in [0.15, 0.2) is 0 Å². The smallest absolute Gasteiger partial charge is 0.303 e. The molecule has 0 amide bonds. The fraction of sp³-hybridized carbons (Fsp3) is 0.963. The zero-order valence-electron chi connectivity index (χ0n) is 21.9. The quantitative estimate of drug-likeness (QED) is 0.115. The van der Waals surface area contributed by atoms with Crippen molar-refractivity contribution in [3.8, 4) is 0 Å². The van der Waals surface area contributed by atoms with Crippen LogP contribution in [0, 0.1) is 0 Å². The number of hydrogen-bond acceptors (Lipinski definition) is 4. The molecule has 0 aliphatic carbocycles. The zero-order valence-corrected chi connectivity index (χ0v) is 21.9. The number of aliphatic carboxylic acids is 1. The van der Waals surface area contributed by atoms with E-state index in [1.807, 2.05) is 0 Å². The van der Waals surface area contributed by atoms with E-state index >= 15 is 0 Å². The predicted molar refractivity (Wildman–Crippen MR) is 142 cm³/mol. The molecule has 0 spiro atoms. The van der Waals surface area contributed by atoms with Crippen LogP contribution in [-0.4, -0.2) is 43.8 Å². The Morgan fingerprint density at radius 2 is 0.938 bits per heavy atom. The van der Waals surface area contributed by atoms with Crippen molar-refractivity contribution >= 4 is 5.97 Å². The minimum absolute atomic E-state index is 0.345. The fourth-order valence-electron chi connectivity index (χ4n) is 3.68. The highest BCUT2D eigenvalue weighted by Crippen LogP contribution is 2.13. The second-order valence-electron chi connectivity index (χ2n) is 9.09. The first-order valence-electron chi connectivity index (χ1n) is 14.0. The summed E-state index contributed by atoms with van der Waals surface area (Å²) in [6.07, 6.45) is 24.1. The van der Waals surface area contributed by atoms with E-state index < -0.39 is 5.97 Å². The molecule has 0 aromatic rings. The molecule has 32 heavy (non-hydrogen) atoms. The maximum Gasteiger partial charge on any atom is 0.303 e. The van der Waals surface area contributed by atoms with Crippen molar-refractivity contribution in [2.24, 2.45) is 5.73 Å². The SMILES string of the molecule is CCCCCCCCCCCCCCCCCC(=O)O.CCCCCNCCNCCN. The van der Waals surface area contributed by atoms with Gasteiger partial charge >= 0.3 is 5.97 Å². The number of nitrogens with one attached hydrogen (secondary N) is 2. The zero-order chi connectivity index (χ0) is 24.0. The van der Waals surface area contributed by atoms with Crippen molar-refractivity contribution in [1.29, 1.82) is 0 Å². The third-order valence-corrected chi connectivity index (χ3v) is 5.75. The molecule has 0 atom stereocenters. The first-order valence-corrected chi connectivity index (χ1v) is 14.0. The Balaban J connectivity index is 0. The lowest BCUT2D eigenvalue weighted by Crippen LogP contribution is -2.31. The molecule has 0 aliphatic heterocycles. The lowest BCUT2D eigenvalue weighted by molar-refractivity contribution is -0.137. The van der Waals surface area contributed by atoms with E-state index in [1.54, 1.807) is 0 Å². The van der Waals surface area contributed by atoms with Crippen LogP contribution in [-0.2, 0) is 4.79 Å². The van der Waals surface area contributed by atoms with E-state index in [4.69, 9.17) is 10.8 Å². The molecule has 0 saturated heterocycles. The van der Waals surface area contributed by atoms with Crippen LogP contribution in [0.1, 0.15) is 136 Å². The van der Waals surface area contributed by atoms with Crippen LogP contribution in [0.25, 0.3) is 0 Å². The molecule has 5 N–H and O–H groups in total. The summed E-state index contributed by atoms with van der Waals surface area (Å²) in [7, 11) is 0. The number of carboxylic acid groups (broad SMARTS) is 1. The second kappa shape index (κ2) is 32.5. The van der Waals surface area contributed by atoms with Gasteiger partial charge in [0.05, 0.1) is 0 Å². The Kier molecular flexibility index (Phi) is 34.1. The van der Waals surface area contributed by atoms with E-state index in [-0.39, 0.29) is 0 Å². The summed E-state index contributed by atoms with van der Waals surface area (Å²) in [6.45, 7) is 9.40. The number of hydrogen-bond donors (Lipinski definition) is 4. The third-order valence-electron chi connectivity index (χ3n) is 5.75. The molecule has 0 bridgehead atoms. The Morgan fingerprint density at radius 1 is 0.562 bits per heavy atom. The molecule has 5 nitrogen and oxygen atoms in total. The number of carboxylic acids is 1. The Morgan fingerprint density at radius 3 is 1.34 bits per heavy atom. The Labute approximate surface area is 201 Å². The minimum Gasteiger partial charge on any atom is -0.481 e. The molecule has 194 valence electrons. The molecule has 0 aromatic carbocycles. The number of rotatable bonds is 25. The summed E-state index contributed by atoms with van der Waals surface area (Å²) in [4.78, 5) is 10.3. The van der Waals surface area contributed by atoms with Gasteiger partial charge in [0.25, 0.3) is 0 Å². The minimum atomic E-state index is -0.653. The number of nitrogens with two attached hydrogens (primary N) is 1. The normalized spacial score (nSPS) is 10.7. The first-order chi connectivity index (χ1) is 15.7. The predicted octanol–water partition coefficient (Wildman–Crippen LogP) is 6.65. The topological polar surface area (TPSA) is 87.4 Å². The molecule has 5 heteroatoms. The van der Waals surface area contributed by atoms with Gasteiger partial charge in [-0.1, -0.05) is 117 Å². The van der Waals surface area contributed by atoms with Crippen molar-refractivity contribution in [3.05, 3.63) is 0 Å². The van der Waals surface area contributed by atoms with Crippen molar-refractivity contribution in [1.82, 2.24) is 10.6 Å². The van der Waals surface area contributed by atoms with Gasteiger partial charge in [-0.25, -0.2) is 0 Å². The van der Waals surface area contributed by atoms with Crippen molar-refractivity contribution in [3.63, 3.8) is 0 Å². The summed E-state index contributed by atoms with van der Waals surface area (Å²) in [5.41, 5.74) is 5.33. The van der Waals surface area contributed by atoms with E-state index in [1.165, 1.54) is 103 Å². The molecular formula is C27H59N3O2. The molecule has 0 rings (SSSR count). The Hall–Kier alpha value is -0.650. The second-order valence-corrected chi connectivity index (χ2v) is 9.09. The average molecular weight is 458 g/mol. The summed E-state index contributed by atoms with van der Waals surface area (Å²) < 4.78 is 0. The van der Waals surface area contributed by atoms with Gasteiger partial charge in [-0.3, -0.25) is 4.79 Å². The third kappa shape index (κ3) is 36.7. The van der Waals surface area contributed by atoms with Crippen LogP contribution in [0.4, 0.5) is 0 Å². The van der Waals surface area contributed by atoms with Gasteiger partial charge in [0.1, 0.15) is 0 Å². The summed E-state index contributed by atoms with van der Waals surface area (Å²) >= 11 is 0. The molecule has 0 heterocycles. The molecule has 0 aliphatic rings. The van der Waals surface area contributed by atoms with Crippen molar-refractivity contribution in [2.45, 2.75) is 136 Å². The van der Waals surface area contributed by atoms with Crippen LogP contribution in [0.3, 0.4) is 0 Å². The lowest BCUT2D eigenvalue weighted by Gasteiger charge is -2.04. The van der Waals surface area contributed by atoms with E-state index in [0.29, 0.717) is 6.42 Å². The largest absolute Gasteiger partial charge is 0.481 e. The number of carbonyl (C=O) groups is 1. The molecule has 0 saturated carbocycles. The lowest BCUT2D eigenvalue weighted by atomic mass is 10.0. The van der Waals surface area contributed by atoms with Gasteiger partial charge in [-0.05, 0) is 19.4 Å². The summed E-state index contributed by atoms with van der Waals surface area (Å²) in [5, 5.41) is 15.1. The maximum atomic E-state index is 10.3. The van der Waals surface area contributed by atoms with Crippen LogP contribution >= 0.6 is 0 Å². The monoisotopic (exact) mass is 457 g/mol.